The molecular weight excluding hydrogens is 420 g/mol. The number of aryl methyl sites for hydroxylation is 2. The van der Waals surface area contributed by atoms with E-state index in [-0.39, 0.29) is 23.4 Å². The van der Waals surface area contributed by atoms with Crippen molar-refractivity contribution in [3.8, 4) is 0 Å². The van der Waals surface area contributed by atoms with Crippen LogP contribution in [0.4, 0.5) is 0 Å². The minimum Gasteiger partial charge on any atom is -0.346 e. The van der Waals surface area contributed by atoms with Gasteiger partial charge in [-0.15, -0.1) is 0 Å². The lowest BCUT2D eigenvalue weighted by Crippen LogP contribution is -2.36. The number of amides is 2. The summed E-state index contributed by atoms with van der Waals surface area (Å²) in [5.74, 6) is 0.165. The van der Waals surface area contributed by atoms with Crippen molar-refractivity contribution in [1.29, 1.82) is 0 Å². The van der Waals surface area contributed by atoms with Crippen LogP contribution in [0.2, 0.25) is 0 Å². The molecule has 1 N–H and O–H groups in total. The molecular formula is C24H24N6O3. The highest BCUT2D eigenvalue weighted by atomic mass is 16.2. The van der Waals surface area contributed by atoms with Gasteiger partial charge in [0.2, 0.25) is 0 Å². The first-order valence-corrected chi connectivity index (χ1v) is 11.0. The van der Waals surface area contributed by atoms with E-state index in [4.69, 9.17) is 0 Å². The number of nitrogens with zero attached hydrogens (tertiary/aromatic N) is 5. The van der Waals surface area contributed by atoms with Crippen molar-refractivity contribution in [2.75, 3.05) is 13.1 Å². The van der Waals surface area contributed by atoms with Crippen LogP contribution in [0.1, 0.15) is 50.8 Å². The molecule has 1 aromatic carbocycles. The number of aromatic nitrogens is 4. The summed E-state index contributed by atoms with van der Waals surface area (Å²) in [6.07, 6.45) is 6.34. The molecule has 0 radical (unpaired) electrons. The molecule has 4 heterocycles. The molecule has 1 atom stereocenters. The number of carbonyl (C=O) groups excluding carboxylic acids is 2. The number of nitrogens with one attached hydrogen (secondary N) is 1. The number of fused-ring (bicyclic) bond motifs is 2. The first kappa shape index (κ1) is 21.0. The molecule has 5 rings (SSSR count). The highest BCUT2D eigenvalue weighted by Gasteiger charge is 2.47. The van der Waals surface area contributed by atoms with Crippen molar-refractivity contribution in [3.63, 3.8) is 0 Å². The molecule has 2 amide bonds. The zero-order valence-electron chi connectivity index (χ0n) is 18.3. The number of benzene rings is 1. The average molecular weight is 444 g/mol. The molecule has 0 saturated carbocycles. The fourth-order valence-corrected chi connectivity index (χ4v) is 4.66. The minimum atomic E-state index is -0.553. The lowest BCUT2D eigenvalue weighted by atomic mass is 9.85. The Labute approximate surface area is 190 Å². The van der Waals surface area contributed by atoms with Crippen LogP contribution in [0.3, 0.4) is 0 Å². The third kappa shape index (κ3) is 3.90. The van der Waals surface area contributed by atoms with E-state index < -0.39 is 11.5 Å². The molecule has 1 saturated heterocycles. The third-order valence-electron chi connectivity index (χ3n) is 6.47. The molecule has 168 valence electrons. The van der Waals surface area contributed by atoms with Crippen LogP contribution < -0.4 is 10.9 Å². The van der Waals surface area contributed by atoms with Crippen molar-refractivity contribution < 1.29 is 9.59 Å². The van der Waals surface area contributed by atoms with Gasteiger partial charge < -0.3 is 14.8 Å². The summed E-state index contributed by atoms with van der Waals surface area (Å²) in [5.41, 5.74) is 1.15. The molecule has 0 unspecified atom stereocenters. The Kier molecular flexibility index (Phi) is 5.24. The second kappa shape index (κ2) is 8.23. The van der Waals surface area contributed by atoms with E-state index in [1.165, 1.54) is 0 Å². The molecule has 1 spiro atoms. The third-order valence-corrected chi connectivity index (χ3v) is 6.47. The minimum absolute atomic E-state index is 0.00564. The van der Waals surface area contributed by atoms with E-state index in [0.29, 0.717) is 36.7 Å². The van der Waals surface area contributed by atoms with Gasteiger partial charge in [-0.2, -0.15) is 4.98 Å². The van der Waals surface area contributed by atoms with Crippen molar-refractivity contribution >= 4 is 11.8 Å². The van der Waals surface area contributed by atoms with E-state index in [2.05, 4.69) is 20.3 Å². The van der Waals surface area contributed by atoms with Gasteiger partial charge in [0, 0.05) is 43.0 Å². The van der Waals surface area contributed by atoms with Crippen molar-refractivity contribution in [2.45, 2.75) is 38.3 Å². The van der Waals surface area contributed by atoms with Crippen LogP contribution in [0.15, 0.2) is 53.7 Å². The highest BCUT2D eigenvalue weighted by molar-refractivity contribution is 5.94. The van der Waals surface area contributed by atoms with E-state index in [1.807, 2.05) is 46.7 Å². The maximum atomic E-state index is 12.9. The van der Waals surface area contributed by atoms with Gasteiger partial charge in [-0.25, -0.2) is 0 Å². The van der Waals surface area contributed by atoms with Crippen LogP contribution >= 0.6 is 0 Å². The average Bonchev–Trinajstić information content (AvgIpc) is 3.42. The van der Waals surface area contributed by atoms with Crippen molar-refractivity contribution in [2.24, 2.45) is 0 Å². The predicted octanol–water partition coefficient (Wildman–Crippen LogP) is 1.46. The normalized spacial score (nSPS) is 19.0. The largest absolute Gasteiger partial charge is 0.346 e. The fourth-order valence-electron chi connectivity index (χ4n) is 4.66. The monoisotopic (exact) mass is 444 g/mol. The van der Waals surface area contributed by atoms with Gasteiger partial charge in [-0.3, -0.25) is 24.4 Å². The Bertz CT molecular complexity index is 1270. The van der Waals surface area contributed by atoms with Gasteiger partial charge in [-0.1, -0.05) is 18.2 Å². The molecule has 33 heavy (non-hydrogen) atoms. The molecule has 1 fully saturated rings. The molecule has 2 aliphatic rings. The molecule has 2 aliphatic heterocycles. The van der Waals surface area contributed by atoms with Gasteiger partial charge in [-0.05, 0) is 31.9 Å². The Hall–Kier alpha value is -3.88. The van der Waals surface area contributed by atoms with Crippen LogP contribution in [-0.4, -0.2) is 49.3 Å². The summed E-state index contributed by atoms with van der Waals surface area (Å²) in [6.45, 7) is 3.79. The molecule has 2 aromatic heterocycles. The molecule has 0 aliphatic carbocycles. The summed E-state index contributed by atoms with van der Waals surface area (Å²) in [4.78, 5) is 52.8. The number of hydrogen-bond donors (Lipinski definition) is 1. The summed E-state index contributed by atoms with van der Waals surface area (Å²) in [5, 5.41) is 2.72. The Morgan fingerprint density at radius 1 is 1.09 bits per heavy atom. The van der Waals surface area contributed by atoms with Gasteiger partial charge in [0.05, 0.1) is 24.1 Å². The van der Waals surface area contributed by atoms with E-state index >= 15 is 0 Å². The van der Waals surface area contributed by atoms with Crippen molar-refractivity contribution in [3.05, 3.63) is 87.6 Å². The van der Waals surface area contributed by atoms with Gasteiger partial charge in [0.25, 0.3) is 17.4 Å². The summed E-state index contributed by atoms with van der Waals surface area (Å²) in [7, 11) is 0. The highest BCUT2D eigenvalue weighted by Crippen LogP contribution is 2.41. The second-order valence-electron chi connectivity index (χ2n) is 8.68. The van der Waals surface area contributed by atoms with Crippen LogP contribution in [0.25, 0.3) is 0 Å². The smallest absolute Gasteiger partial charge is 0.285 e. The Morgan fingerprint density at radius 2 is 1.88 bits per heavy atom. The molecule has 9 heteroatoms. The SMILES string of the molecule is Cc1cnc(CNC(=O)c2cn3c(nc2=O)[C@]2(CCN(C(=O)c4ccccc4)C2)CC3)cn1. The summed E-state index contributed by atoms with van der Waals surface area (Å²) >= 11 is 0. The maximum absolute atomic E-state index is 12.9. The first-order valence-electron chi connectivity index (χ1n) is 11.0. The molecule has 0 bridgehead atoms. The number of likely N-dealkylation sites (tertiary alicyclic amines) is 1. The standard InChI is InChI=1S/C24H24N6O3/c1-16-11-26-18(12-25-16)13-27-20(31)19-14-29-9-7-24(23(29)28-21(19)32)8-10-30(15-24)22(33)17-5-3-2-4-6-17/h2-6,11-12,14H,7-10,13,15H2,1H3,(H,27,31)/t24-/m0/s1. The van der Waals surface area contributed by atoms with E-state index in [9.17, 15) is 14.4 Å². The Balaban J connectivity index is 1.33. The predicted molar refractivity (Wildman–Crippen MR) is 120 cm³/mol. The van der Waals surface area contributed by atoms with Gasteiger partial charge in [0.15, 0.2) is 0 Å². The number of carbonyl (C=O) groups is 2. The van der Waals surface area contributed by atoms with E-state index in [1.54, 1.807) is 18.6 Å². The van der Waals surface area contributed by atoms with Crippen LogP contribution in [0.5, 0.6) is 0 Å². The first-order chi connectivity index (χ1) is 15.9. The zero-order valence-corrected chi connectivity index (χ0v) is 18.3. The zero-order chi connectivity index (χ0) is 23.0. The second-order valence-corrected chi connectivity index (χ2v) is 8.68. The number of hydrogen-bond acceptors (Lipinski definition) is 6. The number of rotatable bonds is 4. The maximum Gasteiger partial charge on any atom is 0.285 e. The van der Waals surface area contributed by atoms with Gasteiger partial charge >= 0.3 is 0 Å². The lowest BCUT2D eigenvalue weighted by molar-refractivity contribution is 0.0783. The summed E-state index contributed by atoms with van der Waals surface area (Å²) in [6, 6.07) is 9.21. The molecule has 9 nitrogen and oxygen atoms in total. The van der Waals surface area contributed by atoms with Gasteiger partial charge in [0.1, 0.15) is 11.4 Å². The van der Waals surface area contributed by atoms with Crippen molar-refractivity contribution in [1.82, 2.24) is 29.7 Å². The van der Waals surface area contributed by atoms with Crippen LogP contribution in [0, 0.1) is 6.92 Å². The lowest BCUT2D eigenvalue weighted by Gasteiger charge is -2.23. The fraction of sp³-hybridized carbons (Fsp3) is 0.333. The van der Waals surface area contributed by atoms with Crippen LogP contribution in [-0.2, 0) is 18.5 Å². The topological polar surface area (TPSA) is 110 Å². The van der Waals surface area contributed by atoms with E-state index in [0.717, 1.165) is 18.5 Å². The summed E-state index contributed by atoms with van der Waals surface area (Å²) < 4.78 is 1.89. The molecule has 3 aromatic rings. The Morgan fingerprint density at radius 3 is 2.64 bits per heavy atom. The quantitative estimate of drug-likeness (QED) is 0.652.